The first-order valence-electron chi connectivity index (χ1n) is 10.1. The monoisotopic (exact) mass is 412 g/mol. The normalized spacial score (nSPS) is 22.3. The summed E-state index contributed by atoms with van der Waals surface area (Å²) in [6.45, 7) is 3.33. The number of β-amino-alcohol motifs (C(OH)–C–C–N with tert-alkyl or cyclic N) is 1. The maximum atomic E-state index is 12.8. The predicted octanol–water partition coefficient (Wildman–Crippen LogP) is 1.74. The Hall–Kier alpha value is -2.49. The number of hydrogen-bond donors (Lipinski definition) is 4. The van der Waals surface area contributed by atoms with Crippen LogP contribution in [0.15, 0.2) is 23.7 Å². The van der Waals surface area contributed by atoms with Crippen LogP contribution in [-0.2, 0) is 0 Å². The molecule has 3 aromatic rings. The summed E-state index contributed by atoms with van der Waals surface area (Å²) in [5.74, 6) is 0.602. The molecule has 0 bridgehead atoms. The molecule has 0 aliphatic carbocycles. The van der Waals surface area contributed by atoms with Gasteiger partial charge in [0, 0.05) is 42.9 Å². The van der Waals surface area contributed by atoms with Crippen molar-refractivity contribution in [2.45, 2.75) is 31.4 Å². The van der Waals surface area contributed by atoms with Gasteiger partial charge in [-0.1, -0.05) is 0 Å². The standard InChI is InChI=1S/C20H24N6O2S/c27-14-4-7-26(10-14)13-8-16(29-11-13)18-24-17-15(3-6-22-19(17)25-18)20(28)23-12-2-1-5-21-9-12/h3,6,8,11-12,14,21,27H,1-2,4-5,7,9-10H2,(H,23,28)(H,22,24,25)/t12-,14?/m0/s1. The number of aliphatic hydroxyl groups is 1. The highest BCUT2D eigenvalue weighted by Crippen LogP contribution is 2.33. The first kappa shape index (κ1) is 18.5. The Morgan fingerprint density at radius 2 is 2.31 bits per heavy atom. The largest absolute Gasteiger partial charge is 0.391 e. The summed E-state index contributed by atoms with van der Waals surface area (Å²) in [5, 5.41) is 18.3. The van der Waals surface area contributed by atoms with Gasteiger partial charge in [0.2, 0.25) is 0 Å². The van der Waals surface area contributed by atoms with Gasteiger partial charge in [0.05, 0.1) is 16.5 Å². The lowest BCUT2D eigenvalue weighted by atomic mass is 10.1. The van der Waals surface area contributed by atoms with Crippen molar-refractivity contribution in [2.75, 3.05) is 31.1 Å². The minimum Gasteiger partial charge on any atom is -0.391 e. The zero-order valence-corrected chi connectivity index (χ0v) is 16.8. The van der Waals surface area contributed by atoms with Crippen molar-refractivity contribution in [1.82, 2.24) is 25.6 Å². The van der Waals surface area contributed by atoms with Crippen LogP contribution in [-0.4, -0.2) is 64.3 Å². The summed E-state index contributed by atoms with van der Waals surface area (Å²) >= 11 is 1.60. The second kappa shape index (κ2) is 7.74. The van der Waals surface area contributed by atoms with E-state index in [1.807, 2.05) is 0 Å². The summed E-state index contributed by atoms with van der Waals surface area (Å²) < 4.78 is 0. The van der Waals surface area contributed by atoms with Crippen molar-refractivity contribution >= 4 is 34.1 Å². The lowest BCUT2D eigenvalue weighted by Gasteiger charge is -2.23. The molecule has 2 fully saturated rings. The van der Waals surface area contributed by atoms with Crippen molar-refractivity contribution in [3.63, 3.8) is 0 Å². The molecule has 2 atom stereocenters. The Balaban J connectivity index is 1.40. The number of nitrogens with zero attached hydrogens (tertiary/aromatic N) is 3. The Labute approximate surface area is 172 Å². The van der Waals surface area contributed by atoms with Gasteiger partial charge in [-0.2, -0.15) is 0 Å². The number of amides is 1. The van der Waals surface area contributed by atoms with Crippen LogP contribution < -0.4 is 15.5 Å². The number of aliphatic hydroxyl groups excluding tert-OH is 1. The minimum atomic E-state index is -0.255. The van der Waals surface area contributed by atoms with E-state index in [1.54, 1.807) is 23.6 Å². The van der Waals surface area contributed by atoms with Gasteiger partial charge < -0.3 is 25.6 Å². The smallest absolute Gasteiger partial charge is 0.253 e. The van der Waals surface area contributed by atoms with Gasteiger partial charge >= 0.3 is 0 Å². The highest BCUT2D eigenvalue weighted by Gasteiger charge is 2.23. The van der Waals surface area contributed by atoms with E-state index in [1.165, 1.54) is 0 Å². The van der Waals surface area contributed by atoms with Gasteiger partial charge in [0.15, 0.2) is 5.65 Å². The van der Waals surface area contributed by atoms with Crippen LogP contribution >= 0.6 is 11.3 Å². The topological polar surface area (TPSA) is 106 Å². The van der Waals surface area contributed by atoms with E-state index < -0.39 is 0 Å². The van der Waals surface area contributed by atoms with Crippen LogP contribution in [0, 0.1) is 0 Å². The number of nitrogens with one attached hydrogen (secondary N) is 3. The molecule has 5 heterocycles. The van der Waals surface area contributed by atoms with Crippen molar-refractivity contribution in [1.29, 1.82) is 0 Å². The molecule has 9 heteroatoms. The molecule has 4 N–H and O–H groups in total. The SMILES string of the molecule is O=C(N[C@H]1CCCNC1)c1ccnc2[nH]c(-c3cc(N4CCC(O)C4)cs3)nc12. The molecule has 3 aromatic heterocycles. The molecule has 0 saturated carbocycles. The van der Waals surface area contributed by atoms with Gasteiger partial charge in [-0.05, 0) is 37.9 Å². The van der Waals surface area contributed by atoms with E-state index >= 15 is 0 Å². The fourth-order valence-electron chi connectivity index (χ4n) is 4.04. The minimum absolute atomic E-state index is 0.109. The number of imidazole rings is 1. The fourth-order valence-corrected chi connectivity index (χ4v) is 4.90. The number of carbonyl (C=O) groups is 1. The molecule has 2 aliphatic heterocycles. The summed E-state index contributed by atoms with van der Waals surface area (Å²) in [6.07, 6.45) is 4.24. The highest BCUT2D eigenvalue weighted by atomic mass is 32.1. The quantitative estimate of drug-likeness (QED) is 0.520. The second-order valence-electron chi connectivity index (χ2n) is 7.72. The molecule has 8 nitrogen and oxygen atoms in total. The maximum absolute atomic E-state index is 12.8. The number of piperidine rings is 1. The molecule has 2 aliphatic rings. The Kier molecular flexibility index (Phi) is 4.94. The van der Waals surface area contributed by atoms with Crippen LogP contribution in [0.3, 0.4) is 0 Å². The summed E-state index contributed by atoms with van der Waals surface area (Å²) in [4.78, 5) is 28.3. The molecule has 2 saturated heterocycles. The van der Waals surface area contributed by atoms with Gasteiger partial charge in [-0.15, -0.1) is 11.3 Å². The second-order valence-corrected chi connectivity index (χ2v) is 8.63. The van der Waals surface area contributed by atoms with Crippen molar-refractivity contribution < 1.29 is 9.90 Å². The first-order chi connectivity index (χ1) is 14.2. The molecule has 0 aromatic carbocycles. The van der Waals surface area contributed by atoms with Crippen LogP contribution in [0.2, 0.25) is 0 Å². The number of hydrogen-bond acceptors (Lipinski definition) is 7. The Morgan fingerprint density at radius 3 is 3.10 bits per heavy atom. The Morgan fingerprint density at radius 1 is 1.38 bits per heavy atom. The van der Waals surface area contributed by atoms with E-state index in [-0.39, 0.29) is 18.1 Å². The average Bonchev–Trinajstić information content (AvgIpc) is 3.46. The molecule has 0 spiro atoms. The number of H-pyrrole nitrogens is 1. The number of fused-ring (bicyclic) bond motifs is 1. The molecule has 0 radical (unpaired) electrons. The van der Waals surface area contributed by atoms with Crippen LogP contribution in [0.25, 0.3) is 21.9 Å². The van der Waals surface area contributed by atoms with Crippen LogP contribution in [0.4, 0.5) is 5.69 Å². The number of rotatable bonds is 4. The first-order valence-corrected chi connectivity index (χ1v) is 10.9. The van der Waals surface area contributed by atoms with Gasteiger partial charge in [-0.25, -0.2) is 9.97 Å². The molecule has 1 amide bonds. The summed E-state index contributed by atoms with van der Waals surface area (Å²) in [7, 11) is 0. The Bertz CT molecular complexity index is 1030. The number of pyridine rings is 1. The van der Waals surface area contributed by atoms with Crippen molar-refractivity contribution in [3.05, 3.63) is 29.3 Å². The fraction of sp³-hybridized carbons (Fsp3) is 0.450. The third-order valence-corrected chi connectivity index (χ3v) is 6.53. The third-order valence-electron chi connectivity index (χ3n) is 5.61. The van der Waals surface area contributed by atoms with Crippen molar-refractivity contribution in [2.24, 2.45) is 0 Å². The molecular weight excluding hydrogens is 388 g/mol. The highest BCUT2D eigenvalue weighted by molar-refractivity contribution is 7.14. The zero-order valence-electron chi connectivity index (χ0n) is 16.0. The van der Waals surface area contributed by atoms with Crippen LogP contribution in [0.1, 0.15) is 29.6 Å². The van der Waals surface area contributed by atoms with E-state index in [0.717, 1.165) is 49.5 Å². The van der Waals surface area contributed by atoms with Crippen LogP contribution in [0.5, 0.6) is 0 Å². The number of aromatic amines is 1. The predicted molar refractivity (Wildman–Crippen MR) is 113 cm³/mol. The van der Waals surface area contributed by atoms with Crippen molar-refractivity contribution in [3.8, 4) is 10.7 Å². The number of thiophene rings is 1. The number of anilines is 1. The van der Waals surface area contributed by atoms with E-state index in [2.05, 4.69) is 36.9 Å². The number of carbonyl (C=O) groups excluding carboxylic acids is 1. The lowest BCUT2D eigenvalue weighted by Crippen LogP contribution is -2.45. The number of aromatic nitrogens is 3. The van der Waals surface area contributed by atoms with E-state index in [9.17, 15) is 9.90 Å². The maximum Gasteiger partial charge on any atom is 0.253 e. The lowest BCUT2D eigenvalue weighted by molar-refractivity contribution is 0.0932. The zero-order chi connectivity index (χ0) is 19.8. The third kappa shape index (κ3) is 3.73. The summed E-state index contributed by atoms with van der Waals surface area (Å²) in [6, 6.07) is 3.95. The van der Waals surface area contributed by atoms with E-state index in [0.29, 0.717) is 29.1 Å². The summed E-state index contributed by atoms with van der Waals surface area (Å²) in [5.41, 5.74) is 2.84. The van der Waals surface area contributed by atoms with Gasteiger partial charge in [-0.3, -0.25) is 4.79 Å². The van der Waals surface area contributed by atoms with E-state index in [4.69, 9.17) is 4.98 Å². The average molecular weight is 413 g/mol. The van der Waals surface area contributed by atoms with Gasteiger partial charge in [0.1, 0.15) is 11.3 Å². The molecule has 1 unspecified atom stereocenters. The molecule has 152 valence electrons. The molecule has 29 heavy (non-hydrogen) atoms. The molecule has 5 rings (SSSR count). The molecular formula is C20H24N6O2S. The van der Waals surface area contributed by atoms with Gasteiger partial charge in [0.25, 0.3) is 5.91 Å².